The summed E-state index contributed by atoms with van der Waals surface area (Å²) in [5.41, 5.74) is 0.428. The minimum atomic E-state index is -0.479. The number of carbonyl (C=O) groups is 1. The lowest BCUT2D eigenvalue weighted by molar-refractivity contribution is 0.0948. The Morgan fingerprint density at radius 1 is 1.92 bits per heavy atom. The Morgan fingerprint density at radius 3 is 3.17 bits per heavy atom. The molecule has 0 bridgehead atoms. The number of carbonyl (C=O) groups excluding carboxylic acids is 1. The summed E-state index contributed by atoms with van der Waals surface area (Å²) in [5, 5.41) is 17.0. The number of nitrogens with one attached hydrogen (secondary N) is 2. The van der Waals surface area contributed by atoms with E-state index in [1.165, 1.54) is 12.4 Å². The highest BCUT2D eigenvalue weighted by Gasteiger charge is 2.08. The van der Waals surface area contributed by atoms with Crippen molar-refractivity contribution in [2.24, 2.45) is 0 Å². The van der Waals surface area contributed by atoms with Crippen molar-refractivity contribution in [3.63, 3.8) is 0 Å². The molecule has 0 spiro atoms. The van der Waals surface area contributed by atoms with E-state index in [1.54, 1.807) is 6.92 Å². The normalized spacial score (nSPS) is 11.7. The molecule has 0 unspecified atom stereocenters. The van der Waals surface area contributed by atoms with Gasteiger partial charge in [-0.15, -0.1) is 0 Å². The molecule has 12 heavy (non-hydrogen) atoms. The Labute approximate surface area is 69.4 Å². The van der Waals surface area contributed by atoms with Gasteiger partial charge in [0.1, 0.15) is 6.04 Å². The quantitative estimate of drug-likeness (QED) is 0.648. The fourth-order valence-electron chi connectivity index (χ4n) is 0.687. The minimum Gasteiger partial charge on any atom is -0.336 e. The molecule has 0 aliphatic carbocycles. The molecule has 1 aromatic rings. The van der Waals surface area contributed by atoms with E-state index in [0.29, 0.717) is 5.56 Å². The van der Waals surface area contributed by atoms with Crippen LogP contribution in [0.5, 0.6) is 0 Å². The maximum atomic E-state index is 11.2. The number of aromatic amines is 1. The Morgan fingerprint density at radius 2 is 2.67 bits per heavy atom. The van der Waals surface area contributed by atoms with Crippen molar-refractivity contribution in [3.8, 4) is 6.07 Å². The van der Waals surface area contributed by atoms with Gasteiger partial charge in [0.2, 0.25) is 0 Å². The smallest absolute Gasteiger partial charge is 0.255 e. The van der Waals surface area contributed by atoms with Crippen molar-refractivity contribution >= 4 is 5.91 Å². The molecular weight excluding hydrogens is 156 g/mol. The van der Waals surface area contributed by atoms with Crippen LogP contribution in [-0.2, 0) is 0 Å². The van der Waals surface area contributed by atoms with Crippen LogP contribution in [0.3, 0.4) is 0 Å². The highest BCUT2D eigenvalue weighted by molar-refractivity contribution is 5.93. The predicted octanol–water partition coefficient (Wildman–Crippen LogP) is 0.0516. The molecule has 5 nitrogen and oxygen atoms in total. The van der Waals surface area contributed by atoms with Crippen LogP contribution in [0.2, 0.25) is 0 Å². The average molecular weight is 164 g/mol. The third-order valence-electron chi connectivity index (χ3n) is 1.30. The number of aromatic nitrogens is 2. The number of H-pyrrole nitrogens is 1. The molecule has 62 valence electrons. The monoisotopic (exact) mass is 164 g/mol. The first kappa shape index (κ1) is 8.27. The molecule has 1 heterocycles. The highest BCUT2D eigenvalue weighted by Crippen LogP contribution is 1.93. The lowest BCUT2D eigenvalue weighted by Gasteiger charge is -2.02. The summed E-state index contributed by atoms with van der Waals surface area (Å²) in [4.78, 5) is 11.2. The number of nitriles is 1. The van der Waals surface area contributed by atoms with E-state index in [0.717, 1.165) is 0 Å². The topological polar surface area (TPSA) is 81.6 Å². The van der Waals surface area contributed by atoms with Crippen LogP contribution in [0.1, 0.15) is 17.3 Å². The van der Waals surface area contributed by atoms with E-state index < -0.39 is 6.04 Å². The zero-order valence-electron chi connectivity index (χ0n) is 6.53. The van der Waals surface area contributed by atoms with Crippen LogP contribution in [0, 0.1) is 11.3 Å². The SMILES string of the molecule is C[C@H](C#N)NC(=O)c1cn[nH]c1. The fraction of sp³-hybridized carbons (Fsp3) is 0.286. The first-order valence-corrected chi connectivity index (χ1v) is 3.43. The third-order valence-corrected chi connectivity index (χ3v) is 1.30. The number of hydrogen-bond donors (Lipinski definition) is 2. The number of nitrogens with zero attached hydrogens (tertiary/aromatic N) is 2. The van der Waals surface area contributed by atoms with Gasteiger partial charge in [-0.2, -0.15) is 10.4 Å². The molecule has 1 atom stereocenters. The van der Waals surface area contributed by atoms with Crippen LogP contribution in [0.15, 0.2) is 12.4 Å². The Hall–Kier alpha value is -1.83. The summed E-state index contributed by atoms with van der Waals surface area (Å²) < 4.78 is 0. The molecule has 1 rings (SSSR count). The molecule has 0 aliphatic heterocycles. The van der Waals surface area contributed by atoms with Crippen molar-refractivity contribution in [2.45, 2.75) is 13.0 Å². The Kier molecular flexibility index (Phi) is 2.43. The summed E-state index contributed by atoms with van der Waals surface area (Å²) >= 11 is 0. The van der Waals surface area contributed by atoms with Gasteiger partial charge in [-0.05, 0) is 6.92 Å². The molecule has 0 radical (unpaired) electrons. The molecular formula is C7H8N4O. The molecule has 1 aromatic heterocycles. The van der Waals surface area contributed by atoms with Crippen LogP contribution < -0.4 is 5.32 Å². The van der Waals surface area contributed by atoms with Crippen molar-refractivity contribution < 1.29 is 4.79 Å². The molecule has 0 saturated heterocycles. The first-order valence-electron chi connectivity index (χ1n) is 3.43. The molecule has 2 N–H and O–H groups in total. The second-order valence-corrected chi connectivity index (χ2v) is 2.31. The van der Waals surface area contributed by atoms with Gasteiger partial charge in [0, 0.05) is 6.20 Å². The van der Waals surface area contributed by atoms with Crippen LogP contribution in [0.25, 0.3) is 0 Å². The number of rotatable bonds is 2. The van der Waals surface area contributed by atoms with E-state index >= 15 is 0 Å². The standard InChI is InChI=1S/C7H8N4O/c1-5(2-8)11-7(12)6-3-9-10-4-6/h3-5H,1H3,(H,9,10)(H,11,12)/t5-/m1/s1. The largest absolute Gasteiger partial charge is 0.336 e. The second-order valence-electron chi connectivity index (χ2n) is 2.31. The van der Waals surface area contributed by atoms with Gasteiger partial charge >= 0.3 is 0 Å². The summed E-state index contributed by atoms with van der Waals surface area (Å²) in [5.74, 6) is -0.294. The molecule has 0 aromatic carbocycles. The summed E-state index contributed by atoms with van der Waals surface area (Å²) in [6.45, 7) is 1.61. The molecule has 0 fully saturated rings. The second kappa shape index (κ2) is 3.53. The molecule has 0 saturated carbocycles. The van der Waals surface area contributed by atoms with Gasteiger partial charge in [0.15, 0.2) is 0 Å². The van der Waals surface area contributed by atoms with Crippen LogP contribution in [0.4, 0.5) is 0 Å². The zero-order chi connectivity index (χ0) is 8.97. The van der Waals surface area contributed by atoms with Crippen molar-refractivity contribution in [1.29, 1.82) is 5.26 Å². The average Bonchev–Trinajstić information content (AvgIpc) is 2.56. The van der Waals surface area contributed by atoms with Crippen LogP contribution in [-0.4, -0.2) is 22.1 Å². The van der Waals surface area contributed by atoms with Gasteiger partial charge in [0.25, 0.3) is 5.91 Å². The van der Waals surface area contributed by atoms with E-state index in [2.05, 4.69) is 15.5 Å². The lowest BCUT2D eigenvalue weighted by Crippen LogP contribution is -2.30. The fourth-order valence-corrected chi connectivity index (χ4v) is 0.687. The summed E-state index contributed by atoms with van der Waals surface area (Å²) in [7, 11) is 0. The van der Waals surface area contributed by atoms with Gasteiger partial charge in [-0.1, -0.05) is 0 Å². The third kappa shape index (κ3) is 1.83. The van der Waals surface area contributed by atoms with Crippen LogP contribution >= 0.6 is 0 Å². The highest BCUT2D eigenvalue weighted by atomic mass is 16.1. The summed E-state index contributed by atoms with van der Waals surface area (Å²) in [6, 6.07) is 1.42. The van der Waals surface area contributed by atoms with E-state index in [1.807, 2.05) is 6.07 Å². The predicted molar refractivity (Wildman–Crippen MR) is 41.1 cm³/mol. The summed E-state index contributed by atoms with van der Waals surface area (Å²) in [6.07, 6.45) is 2.87. The van der Waals surface area contributed by atoms with E-state index in [9.17, 15) is 4.79 Å². The maximum Gasteiger partial charge on any atom is 0.255 e. The maximum absolute atomic E-state index is 11.2. The van der Waals surface area contributed by atoms with Crippen molar-refractivity contribution in [1.82, 2.24) is 15.5 Å². The Balaban J connectivity index is 2.57. The minimum absolute atomic E-state index is 0.294. The first-order chi connectivity index (χ1) is 5.74. The number of hydrogen-bond acceptors (Lipinski definition) is 3. The van der Waals surface area contributed by atoms with Gasteiger partial charge in [-0.25, -0.2) is 0 Å². The molecule has 5 heteroatoms. The lowest BCUT2D eigenvalue weighted by atomic mass is 10.3. The molecule has 1 amide bonds. The Bertz CT molecular complexity index is 298. The van der Waals surface area contributed by atoms with Crippen molar-refractivity contribution in [3.05, 3.63) is 18.0 Å². The van der Waals surface area contributed by atoms with Gasteiger partial charge in [-0.3, -0.25) is 9.89 Å². The van der Waals surface area contributed by atoms with Gasteiger partial charge in [0.05, 0.1) is 17.8 Å². The number of amides is 1. The zero-order valence-corrected chi connectivity index (χ0v) is 6.53. The van der Waals surface area contributed by atoms with Crippen molar-refractivity contribution in [2.75, 3.05) is 0 Å². The van der Waals surface area contributed by atoms with Gasteiger partial charge < -0.3 is 5.32 Å². The molecule has 0 aliphatic rings. The van der Waals surface area contributed by atoms with E-state index in [4.69, 9.17) is 5.26 Å². The van der Waals surface area contributed by atoms with E-state index in [-0.39, 0.29) is 5.91 Å².